The molecular weight excluding hydrogens is 270 g/mol. The Kier molecular flexibility index (Phi) is 5.25. The first-order valence-corrected chi connectivity index (χ1v) is 6.10. The molecule has 0 amide bonds. The molecule has 1 heterocycles. The van der Waals surface area contributed by atoms with Crippen molar-refractivity contribution in [2.45, 2.75) is 26.3 Å². The van der Waals surface area contributed by atoms with E-state index in [0.29, 0.717) is 23.2 Å². The fraction of sp³-hybridized carbons (Fsp3) is 0.455. The van der Waals surface area contributed by atoms with Crippen LogP contribution >= 0.6 is 15.9 Å². The fourth-order valence-electron chi connectivity index (χ4n) is 1.24. The monoisotopic (exact) mass is 285 g/mol. The third-order valence-electron chi connectivity index (χ3n) is 2.15. The number of hydrogen-bond acceptors (Lipinski definition) is 3. The molecule has 0 aliphatic heterocycles. The minimum atomic E-state index is -0.0949. The molecule has 1 rings (SSSR count). The second kappa shape index (κ2) is 6.48. The summed E-state index contributed by atoms with van der Waals surface area (Å²) >= 11 is 3.28. The van der Waals surface area contributed by atoms with Crippen molar-refractivity contribution in [1.29, 1.82) is 0 Å². The van der Waals surface area contributed by atoms with Crippen LogP contribution in [-0.2, 0) is 6.54 Å². The third kappa shape index (κ3) is 3.20. The lowest BCUT2D eigenvalue weighted by atomic mass is 10.3. The number of halogens is 1. The number of nitrogens with one attached hydrogen (secondary N) is 1. The van der Waals surface area contributed by atoms with Gasteiger partial charge in [-0.15, -0.1) is 6.58 Å². The van der Waals surface area contributed by atoms with Gasteiger partial charge in [0.05, 0.1) is 11.9 Å². The van der Waals surface area contributed by atoms with Crippen LogP contribution in [0.2, 0.25) is 0 Å². The van der Waals surface area contributed by atoms with Crippen LogP contribution in [0.5, 0.6) is 0 Å². The zero-order chi connectivity index (χ0) is 12.0. The third-order valence-corrected chi connectivity index (χ3v) is 2.91. The zero-order valence-electron chi connectivity index (χ0n) is 9.37. The maximum Gasteiger partial charge on any atom is 0.283 e. The van der Waals surface area contributed by atoms with Crippen LogP contribution in [0.25, 0.3) is 0 Å². The van der Waals surface area contributed by atoms with Crippen LogP contribution in [0.3, 0.4) is 0 Å². The van der Waals surface area contributed by atoms with Crippen LogP contribution in [-0.4, -0.2) is 16.3 Å². The molecule has 0 saturated heterocycles. The van der Waals surface area contributed by atoms with Crippen LogP contribution in [0.15, 0.2) is 28.1 Å². The van der Waals surface area contributed by atoms with Gasteiger partial charge in [0.2, 0.25) is 0 Å². The standard InChI is InChI=1S/C11H16BrN3O/c1-3-5-7-15-11(16)10(12)9(8-14-15)13-6-4-2/h4,8,13H,2-3,5-7H2,1H3. The van der Waals surface area contributed by atoms with Crippen LogP contribution in [0.4, 0.5) is 5.69 Å². The van der Waals surface area contributed by atoms with Gasteiger partial charge in [-0.05, 0) is 22.4 Å². The first kappa shape index (κ1) is 13.0. The van der Waals surface area contributed by atoms with Gasteiger partial charge >= 0.3 is 0 Å². The number of nitrogens with zero attached hydrogens (tertiary/aromatic N) is 2. The van der Waals surface area contributed by atoms with Crippen molar-refractivity contribution in [3.05, 3.63) is 33.7 Å². The molecule has 0 bridgehead atoms. The van der Waals surface area contributed by atoms with Gasteiger partial charge in [-0.3, -0.25) is 4.79 Å². The Balaban J connectivity index is 2.89. The largest absolute Gasteiger partial charge is 0.379 e. The zero-order valence-corrected chi connectivity index (χ0v) is 11.0. The van der Waals surface area contributed by atoms with E-state index in [1.165, 1.54) is 4.68 Å². The lowest BCUT2D eigenvalue weighted by Crippen LogP contribution is -2.24. The van der Waals surface area contributed by atoms with Crippen molar-refractivity contribution in [1.82, 2.24) is 9.78 Å². The highest BCUT2D eigenvalue weighted by molar-refractivity contribution is 9.10. The smallest absolute Gasteiger partial charge is 0.283 e. The number of aromatic nitrogens is 2. The van der Waals surface area contributed by atoms with Crippen LogP contribution in [0.1, 0.15) is 19.8 Å². The minimum absolute atomic E-state index is 0.0949. The average Bonchev–Trinajstić information content (AvgIpc) is 2.30. The van der Waals surface area contributed by atoms with Gasteiger partial charge in [-0.1, -0.05) is 19.4 Å². The lowest BCUT2D eigenvalue weighted by Gasteiger charge is -2.08. The predicted molar refractivity (Wildman–Crippen MR) is 69.8 cm³/mol. The predicted octanol–water partition coefficient (Wildman–Crippen LogP) is 2.40. The van der Waals surface area contributed by atoms with Gasteiger partial charge in [-0.25, -0.2) is 4.68 Å². The molecule has 4 nitrogen and oxygen atoms in total. The molecule has 0 saturated carbocycles. The summed E-state index contributed by atoms with van der Waals surface area (Å²) in [6.45, 7) is 6.96. The maximum absolute atomic E-state index is 11.8. The summed E-state index contributed by atoms with van der Waals surface area (Å²) < 4.78 is 2.01. The van der Waals surface area contributed by atoms with E-state index >= 15 is 0 Å². The van der Waals surface area contributed by atoms with E-state index < -0.39 is 0 Å². The Labute approximate surface area is 103 Å². The summed E-state index contributed by atoms with van der Waals surface area (Å²) in [5.41, 5.74) is 0.611. The minimum Gasteiger partial charge on any atom is -0.379 e. The molecular formula is C11H16BrN3O. The van der Waals surface area contributed by atoms with Crippen molar-refractivity contribution in [3.63, 3.8) is 0 Å². The highest BCUT2D eigenvalue weighted by Crippen LogP contribution is 2.15. The van der Waals surface area contributed by atoms with E-state index in [-0.39, 0.29) is 5.56 Å². The Morgan fingerprint density at radius 3 is 3.06 bits per heavy atom. The Morgan fingerprint density at radius 1 is 1.69 bits per heavy atom. The second-order valence-corrected chi connectivity index (χ2v) is 4.22. The molecule has 0 spiro atoms. The molecule has 0 radical (unpaired) electrons. The summed E-state index contributed by atoms with van der Waals surface area (Å²) in [6, 6.07) is 0. The molecule has 0 unspecified atom stereocenters. The van der Waals surface area contributed by atoms with Crippen molar-refractivity contribution in [2.75, 3.05) is 11.9 Å². The number of anilines is 1. The molecule has 88 valence electrons. The molecule has 0 aliphatic rings. The Morgan fingerprint density at radius 2 is 2.44 bits per heavy atom. The Hall–Kier alpha value is -1.10. The average molecular weight is 286 g/mol. The van der Waals surface area contributed by atoms with Gasteiger partial charge in [0.1, 0.15) is 4.47 Å². The molecule has 0 atom stereocenters. The first-order valence-electron chi connectivity index (χ1n) is 5.31. The number of aryl methyl sites for hydroxylation is 1. The van der Waals surface area contributed by atoms with E-state index in [2.05, 4.69) is 39.8 Å². The molecule has 1 aromatic rings. The molecule has 0 aliphatic carbocycles. The van der Waals surface area contributed by atoms with Crippen LogP contribution < -0.4 is 10.9 Å². The summed E-state index contributed by atoms with van der Waals surface area (Å²) in [4.78, 5) is 11.8. The van der Waals surface area contributed by atoms with Crippen molar-refractivity contribution < 1.29 is 0 Å². The Bertz CT molecular complexity index is 414. The lowest BCUT2D eigenvalue weighted by molar-refractivity contribution is 0.541. The van der Waals surface area contributed by atoms with Gasteiger partial charge in [0.25, 0.3) is 5.56 Å². The fourth-order valence-corrected chi connectivity index (χ4v) is 1.68. The molecule has 1 aromatic heterocycles. The molecule has 1 N–H and O–H groups in total. The van der Waals surface area contributed by atoms with E-state index in [9.17, 15) is 4.79 Å². The van der Waals surface area contributed by atoms with Crippen molar-refractivity contribution >= 4 is 21.6 Å². The highest BCUT2D eigenvalue weighted by Gasteiger charge is 2.07. The summed E-state index contributed by atoms with van der Waals surface area (Å²) in [7, 11) is 0. The van der Waals surface area contributed by atoms with E-state index in [1.807, 2.05) is 0 Å². The van der Waals surface area contributed by atoms with E-state index in [0.717, 1.165) is 12.8 Å². The van der Waals surface area contributed by atoms with E-state index in [4.69, 9.17) is 0 Å². The molecule has 5 heteroatoms. The number of rotatable bonds is 6. The summed E-state index contributed by atoms with van der Waals surface area (Å²) in [6.07, 6.45) is 5.39. The van der Waals surface area contributed by atoms with Crippen molar-refractivity contribution in [2.24, 2.45) is 0 Å². The topological polar surface area (TPSA) is 46.9 Å². The SMILES string of the molecule is C=CCNc1cnn(CCCC)c(=O)c1Br. The van der Waals surface area contributed by atoms with Gasteiger partial charge in [-0.2, -0.15) is 5.10 Å². The number of hydrogen-bond donors (Lipinski definition) is 1. The first-order chi connectivity index (χ1) is 7.70. The van der Waals surface area contributed by atoms with Gasteiger partial charge in [0.15, 0.2) is 0 Å². The molecule has 16 heavy (non-hydrogen) atoms. The normalized spacial score (nSPS) is 10.1. The quantitative estimate of drug-likeness (QED) is 0.817. The number of unbranched alkanes of at least 4 members (excludes halogenated alkanes) is 1. The maximum atomic E-state index is 11.8. The molecule has 0 fully saturated rings. The summed E-state index contributed by atoms with van der Waals surface area (Å²) in [5, 5.41) is 7.15. The van der Waals surface area contributed by atoms with Gasteiger partial charge < -0.3 is 5.32 Å². The van der Waals surface area contributed by atoms with Crippen LogP contribution in [0, 0.1) is 0 Å². The summed E-state index contributed by atoms with van der Waals surface area (Å²) in [5.74, 6) is 0. The van der Waals surface area contributed by atoms with E-state index in [1.54, 1.807) is 12.3 Å². The molecule has 0 aromatic carbocycles. The second-order valence-electron chi connectivity index (χ2n) is 3.42. The highest BCUT2D eigenvalue weighted by atomic mass is 79.9. The van der Waals surface area contributed by atoms with Crippen molar-refractivity contribution in [3.8, 4) is 0 Å². The van der Waals surface area contributed by atoms with Gasteiger partial charge in [0, 0.05) is 13.1 Å².